The molecule has 17 heavy (non-hydrogen) atoms. The number of nitrogens with zero attached hydrogens (tertiary/aromatic N) is 4. The average molecular weight is 249 g/mol. The van der Waals surface area contributed by atoms with Crippen LogP contribution in [0.25, 0.3) is 0 Å². The van der Waals surface area contributed by atoms with Gasteiger partial charge in [-0.05, 0) is 12.1 Å². The lowest BCUT2D eigenvalue weighted by Crippen LogP contribution is -2.08. The number of aromatic nitrogens is 3. The highest BCUT2D eigenvalue weighted by Gasteiger charge is 2.01. The molecule has 0 amide bonds. The van der Waals surface area contributed by atoms with E-state index >= 15 is 0 Å². The van der Waals surface area contributed by atoms with Crippen molar-refractivity contribution in [2.45, 2.75) is 6.54 Å². The number of benzene rings is 1. The molecule has 0 spiro atoms. The fraction of sp³-hybridized carbons (Fsp3) is 0.182. The van der Waals surface area contributed by atoms with Crippen LogP contribution in [0.15, 0.2) is 30.6 Å². The summed E-state index contributed by atoms with van der Waals surface area (Å²) in [5, 5.41) is 13.0. The minimum atomic E-state index is 0.155. The first-order chi connectivity index (χ1) is 8.29. The van der Waals surface area contributed by atoms with Gasteiger partial charge in [-0.2, -0.15) is 5.26 Å². The summed E-state index contributed by atoms with van der Waals surface area (Å²) in [6.07, 6.45) is 1.49. The van der Waals surface area contributed by atoms with Crippen molar-refractivity contribution in [3.8, 4) is 11.8 Å². The molecule has 6 heteroatoms. The second-order valence-electron chi connectivity index (χ2n) is 3.22. The Morgan fingerprint density at radius 2 is 2.24 bits per heavy atom. The third-order valence-electron chi connectivity index (χ3n) is 2.05. The summed E-state index contributed by atoms with van der Waals surface area (Å²) in [5.74, 6) is 0.789. The van der Waals surface area contributed by atoms with Gasteiger partial charge in [-0.25, -0.2) is 9.67 Å². The summed E-state index contributed by atoms with van der Waals surface area (Å²) in [6, 6.07) is 9.11. The summed E-state index contributed by atoms with van der Waals surface area (Å²) < 4.78 is 7.03. The molecule has 86 valence electrons. The predicted octanol–water partition coefficient (Wildman–Crippen LogP) is 1.88. The molecular formula is C11H9ClN4O. The molecule has 0 aliphatic rings. The Morgan fingerprint density at radius 1 is 1.41 bits per heavy atom. The van der Waals surface area contributed by atoms with Crippen molar-refractivity contribution >= 4 is 11.6 Å². The molecule has 0 unspecified atom stereocenters. The molecule has 0 saturated heterocycles. The number of para-hydroxylation sites is 1. The van der Waals surface area contributed by atoms with Crippen LogP contribution in [0.5, 0.6) is 5.75 Å². The van der Waals surface area contributed by atoms with Gasteiger partial charge in [0.15, 0.2) is 0 Å². The molecule has 0 saturated carbocycles. The molecular weight excluding hydrogens is 240 g/mol. The molecule has 5 nitrogen and oxygen atoms in total. The highest BCUT2D eigenvalue weighted by atomic mass is 35.5. The zero-order valence-corrected chi connectivity index (χ0v) is 9.63. The van der Waals surface area contributed by atoms with Gasteiger partial charge in [0.1, 0.15) is 24.8 Å². The van der Waals surface area contributed by atoms with Gasteiger partial charge >= 0.3 is 0 Å². The third-order valence-corrected chi connectivity index (χ3v) is 2.36. The molecule has 0 atom stereocenters. The Morgan fingerprint density at radius 3 is 2.94 bits per heavy atom. The average Bonchev–Trinajstić information content (AvgIpc) is 2.80. The maximum atomic E-state index is 8.55. The summed E-state index contributed by atoms with van der Waals surface area (Å²) in [4.78, 5) is 3.79. The fourth-order valence-corrected chi connectivity index (χ4v) is 1.45. The molecule has 0 fully saturated rings. The van der Waals surface area contributed by atoms with Gasteiger partial charge in [0.25, 0.3) is 5.82 Å². The van der Waals surface area contributed by atoms with E-state index in [2.05, 4.69) is 10.1 Å². The van der Waals surface area contributed by atoms with E-state index in [1.807, 2.05) is 18.2 Å². The summed E-state index contributed by atoms with van der Waals surface area (Å²) in [6.45, 7) is 0.928. The highest BCUT2D eigenvalue weighted by Crippen LogP contribution is 2.22. The smallest absolute Gasteiger partial charge is 0.252 e. The van der Waals surface area contributed by atoms with Crippen molar-refractivity contribution in [3.05, 3.63) is 41.4 Å². The van der Waals surface area contributed by atoms with Crippen molar-refractivity contribution in [1.29, 1.82) is 5.26 Å². The molecule has 1 aromatic heterocycles. The first kappa shape index (κ1) is 11.4. The fourth-order valence-electron chi connectivity index (χ4n) is 1.26. The van der Waals surface area contributed by atoms with Gasteiger partial charge in [0, 0.05) is 0 Å². The zero-order chi connectivity index (χ0) is 12.1. The monoisotopic (exact) mass is 248 g/mol. The van der Waals surface area contributed by atoms with E-state index in [1.54, 1.807) is 16.8 Å². The minimum absolute atomic E-state index is 0.155. The van der Waals surface area contributed by atoms with Crippen LogP contribution in [-0.4, -0.2) is 21.4 Å². The van der Waals surface area contributed by atoms with E-state index in [0.29, 0.717) is 23.9 Å². The first-order valence-corrected chi connectivity index (χ1v) is 5.34. The van der Waals surface area contributed by atoms with Crippen LogP contribution in [0.1, 0.15) is 5.82 Å². The molecule has 0 bridgehead atoms. The molecule has 0 aliphatic carbocycles. The van der Waals surface area contributed by atoms with Crippen molar-refractivity contribution in [3.63, 3.8) is 0 Å². The van der Waals surface area contributed by atoms with Gasteiger partial charge in [-0.15, -0.1) is 5.10 Å². The van der Waals surface area contributed by atoms with Crippen LogP contribution in [0, 0.1) is 11.3 Å². The van der Waals surface area contributed by atoms with E-state index in [9.17, 15) is 0 Å². The second-order valence-corrected chi connectivity index (χ2v) is 3.63. The largest absolute Gasteiger partial charge is 0.490 e. The van der Waals surface area contributed by atoms with Crippen molar-refractivity contribution in [2.75, 3.05) is 6.61 Å². The van der Waals surface area contributed by atoms with Gasteiger partial charge in [0.05, 0.1) is 11.6 Å². The molecule has 0 N–H and O–H groups in total. The van der Waals surface area contributed by atoms with E-state index < -0.39 is 0 Å². The van der Waals surface area contributed by atoms with E-state index in [-0.39, 0.29) is 5.82 Å². The molecule has 0 radical (unpaired) electrons. The maximum Gasteiger partial charge on any atom is 0.252 e. The summed E-state index contributed by atoms with van der Waals surface area (Å²) in [7, 11) is 0. The van der Waals surface area contributed by atoms with E-state index in [1.165, 1.54) is 6.33 Å². The van der Waals surface area contributed by atoms with Crippen molar-refractivity contribution < 1.29 is 4.74 Å². The topological polar surface area (TPSA) is 63.7 Å². The number of nitriles is 1. The quantitative estimate of drug-likeness (QED) is 0.829. The van der Waals surface area contributed by atoms with Gasteiger partial charge in [-0.1, -0.05) is 23.7 Å². The number of rotatable bonds is 4. The van der Waals surface area contributed by atoms with Crippen LogP contribution in [0.4, 0.5) is 0 Å². The molecule has 1 aromatic carbocycles. The standard InChI is InChI=1S/C11H9ClN4O/c12-9-3-1-2-4-10(9)17-6-5-16-8-14-11(7-13)15-16/h1-4,8H,5-6H2. The van der Waals surface area contributed by atoms with Crippen LogP contribution < -0.4 is 4.74 Å². The van der Waals surface area contributed by atoms with Crippen LogP contribution in [0.3, 0.4) is 0 Å². The number of ether oxygens (including phenoxy) is 1. The first-order valence-electron chi connectivity index (χ1n) is 4.96. The normalized spacial score (nSPS) is 9.88. The lowest BCUT2D eigenvalue weighted by molar-refractivity contribution is 0.291. The van der Waals surface area contributed by atoms with E-state index in [0.717, 1.165) is 0 Å². The zero-order valence-electron chi connectivity index (χ0n) is 8.88. The summed E-state index contributed by atoms with van der Waals surface area (Å²) in [5.41, 5.74) is 0. The molecule has 2 rings (SSSR count). The van der Waals surface area contributed by atoms with Gasteiger partial charge in [0.2, 0.25) is 0 Å². The summed E-state index contributed by atoms with van der Waals surface area (Å²) >= 11 is 5.93. The second kappa shape index (κ2) is 5.32. The van der Waals surface area contributed by atoms with Crippen LogP contribution in [0.2, 0.25) is 5.02 Å². The molecule has 2 aromatic rings. The number of hydrogen-bond acceptors (Lipinski definition) is 4. The van der Waals surface area contributed by atoms with Gasteiger partial charge in [-0.3, -0.25) is 0 Å². The third kappa shape index (κ3) is 2.95. The highest BCUT2D eigenvalue weighted by molar-refractivity contribution is 6.32. The lowest BCUT2D eigenvalue weighted by atomic mass is 10.3. The predicted molar refractivity (Wildman–Crippen MR) is 61.7 cm³/mol. The van der Waals surface area contributed by atoms with Gasteiger partial charge < -0.3 is 4.74 Å². The van der Waals surface area contributed by atoms with Crippen LogP contribution >= 0.6 is 11.6 Å². The maximum absolute atomic E-state index is 8.55. The SMILES string of the molecule is N#Cc1ncn(CCOc2ccccc2Cl)n1. The Hall–Kier alpha value is -2.06. The molecule has 1 heterocycles. The van der Waals surface area contributed by atoms with Crippen molar-refractivity contribution in [2.24, 2.45) is 0 Å². The number of hydrogen-bond donors (Lipinski definition) is 0. The lowest BCUT2D eigenvalue weighted by Gasteiger charge is -2.06. The Balaban J connectivity index is 1.88. The molecule has 0 aliphatic heterocycles. The Kier molecular flexibility index (Phi) is 3.58. The van der Waals surface area contributed by atoms with Crippen LogP contribution in [-0.2, 0) is 6.54 Å². The Bertz CT molecular complexity index is 546. The van der Waals surface area contributed by atoms with E-state index in [4.69, 9.17) is 21.6 Å². The Labute approximate surface area is 103 Å². The minimum Gasteiger partial charge on any atom is -0.490 e. The van der Waals surface area contributed by atoms with Crippen molar-refractivity contribution in [1.82, 2.24) is 14.8 Å². The number of halogens is 1.